The van der Waals surface area contributed by atoms with Gasteiger partial charge >= 0.3 is 6.18 Å². The number of nitrogens with one attached hydrogen (secondary N) is 1. The number of nitrogens with zero attached hydrogens (tertiary/aromatic N) is 1. The van der Waals surface area contributed by atoms with Gasteiger partial charge in [0.2, 0.25) is 0 Å². The highest BCUT2D eigenvalue weighted by Crippen LogP contribution is 2.29. The van der Waals surface area contributed by atoms with Crippen molar-refractivity contribution in [2.75, 3.05) is 19.6 Å². The second-order valence-electron chi connectivity index (χ2n) is 5.60. The molecule has 1 fully saturated rings. The van der Waals surface area contributed by atoms with Gasteiger partial charge in [-0.25, -0.2) is 0 Å². The molecule has 0 spiro atoms. The highest BCUT2D eigenvalue weighted by Gasteiger charge is 2.33. The standard InChI is InChI=1S/C16H23F3N2/c1-2-21(14-8-9-14)11-10-20-15(12-16(17,18)19)13-6-4-3-5-7-13/h3-7,14-15,20H,2,8-12H2,1H3. The van der Waals surface area contributed by atoms with E-state index in [0.29, 0.717) is 18.2 Å². The van der Waals surface area contributed by atoms with Crippen molar-refractivity contribution in [3.8, 4) is 0 Å². The van der Waals surface area contributed by atoms with Gasteiger partial charge in [-0.05, 0) is 24.9 Å². The molecule has 0 radical (unpaired) electrons. The average molecular weight is 300 g/mol. The third-order valence-electron chi connectivity index (χ3n) is 3.90. The fraction of sp³-hybridized carbons (Fsp3) is 0.625. The lowest BCUT2D eigenvalue weighted by Crippen LogP contribution is -2.36. The molecular formula is C16H23F3N2. The maximum atomic E-state index is 12.7. The van der Waals surface area contributed by atoms with Gasteiger partial charge in [0.1, 0.15) is 0 Å². The molecule has 0 aromatic heterocycles. The Morgan fingerprint density at radius 3 is 2.43 bits per heavy atom. The molecule has 0 saturated heterocycles. The highest BCUT2D eigenvalue weighted by molar-refractivity contribution is 5.19. The van der Waals surface area contributed by atoms with E-state index >= 15 is 0 Å². The fourth-order valence-corrected chi connectivity index (χ4v) is 2.65. The number of alkyl halides is 3. The smallest absolute Gasteiger partial charge is 0.308 e. The molecule has 0 bridgehead atoms. The summed E-state index contributed by atoms with van der Waals surface area (Å²) in [5, 5.41) is 3.08. The Balaban J connectivity index is 1.89. The van der Waals surface area contributed by atoms with Gasteiger partial charge in [0.25, 0.3) is 0 Å². The number of benzene rings is 1. The van der Waals surface area contributed by atoms with Crippen LogP contribution < -0.4 is 5.32 Å². The predicted octanol–water partition coefficient (Wildman–Crippen LogP) is 3.75. The lowest BCUT2D eigenvalue weighted by atomic mass is 10.0. The molecule has 2 rings (SSSR count). The monoisotopic (exact) mass is 300 g/mol. The Hall–Kier alpha value is -1.07. The third kappa shape index (κ3) is 5.67. The molecule has 1 unspecified atom stereocenters. The van der Waals surface area contributed by atoms with Gasteiger partial charge in [0.05, 0.1) is 6.42 Å². The van der Waals surface area contributed by atoms with E-state index < -0.39 is 18.6 Å². The van der Waals surface area contributed by atoms with Crippen molar-refractivity contribution in [2.24, 2.45) is 0 Å². The van der Waals surface area contributed by atoms with Gasteiger partial charge in [-0.3, -0.25) is 4.90 Å². The quantitative estimate of drug-likeness (QED) is 0.786. The molecular weight excluding hydrogens is 277 g/mol. The number of halogens is 3. The zero-order valence-electron chi connectivity index (χ0n) is 12.4. The first-order valence-corrected chi connectivity index (χ1v) is 7.58. The molecule has 21 heavy (non-hydrogen) atoms. The summed E-state index contributed by atoms with van der Waals surface area (Å²) < 4.78 is 38.2. The van der Waals surface area contributed by atoms with Crippen molar-refractivity contribution < 1.29 is 13.2 Å². The van der Waals surface area contributed by atoms with E-state index in [4.69, 9.17) is 0 Å². The molecule has 5 heteroatoms. The minimum absolute atomic E-state index is 0.583. The maximum Gasteiger partial charge on any atom is 0.390 e. The number of likely N-dealkylation sites (N-methyl/N-ethyl adjacent to an activating group) is 1. The molecule has 1 aromatic carbocycles. The van der Waals surface area contributed by atoms with Crippen LogP contribution in [0.4, 0.5) is 13.2 Å². The summed E-state index contributed by atoms with van der Waals surface area (Å²) >= 11 is 0. The zero-order valence-corrected chi connectivity index (χ0v) is 12.4. The second-order valence-corrected chi connectivity index (χ2v) is 5.60. The molecule has 0 aliphatic heterocycles. The van der Waals surface area contributed by atoms with Gasteiger partial charge in [0, 0.05) is 25.2 Å². The Labute approximate surface area is 124 Å². The molecule has 0 amide bonds. The minimum atomic E-state index is -4.16. The molecule has 2 nitrogen and oxygen atoms in total. The highest BCUT2D eigenvalue weighted by atomic mass is 19.4. The van der Waals surface area contributed by atoms with E-state index in [2.05, 4.69) is 17.1 Å². The summed E-state index contributed by atoms with van der Waals surface area (Å²) in [7, 11) is 0. The SMILES string of the molecule is CCN(CCNC(CC(F)(F)F)c1ccccc1)C1CC1. The first-order chi connectivity index (χ1) is 9.99. The van der Waals surface area contributed by atoms with Gasteiger partial charge in [-0.1, -0.05) is 37.3 Å². The Kier molecular flexibility index (Phi) is 5.65. The second kappa shape index (κ2) is 7.27. The van der Waals surface area contributed by atoms with E-state index in [1.54, 1.807) is 24.3 Å². The summed E-state index contributed by atoms with van der Waals surface area (Å²) in [6.07, 6.45) is -2.54. The van der Waals surface area contributed by atoms with Crippen LogP contribution in [0.5, 0.6) is 0 Å². The molecule has 1 aromatic rings. The van der Waals surface area contributed by atoms with E-state index in [1.807, 2.05) is 6.07 Å². The number of rotatable bonds is 8. The van der Waals surface area contributed by atoms with E-state index in [0.717, 1.165) is 13.1 Å². The van der Waals surface area contributed by atoms with E-state index in [9.17, 15) is 13.2 Å². The Morgan fingerprint density at radius 1 is 1.24 bits per heavy atom. The molecule has 1 aliphatic carbocycles. The van der Waals surface area contributed by atoms with Gasteiger partial charge in [0.15, 0.2) is 0 Å². The van der Waals surface area contributed by atoms with Crippen molar-refractivity contribution >= 4 is 0 Å². The van der Waals surface area contributed by atoms with Crippen LogP contribution in [-0.2, 0) is 0 Å². The van der Waals surface area contributed by atoms with E-state index in [-0.39, 0.29) is 0 Å². The molecule has 1 N–H and O–H groups in total. The van der Waals surface area contributed by atoms with Crippen molar-refractivity contribution in [1.82, 2.24) is 10.2 Å². The van der Waals surface area contributed by atoms with Crippen molar-refractivity contribution in [3.05, 3.63) is 35.9 Å². The lowest BCUT2D eigenvalue weighted by molar-refractivity contribution is -0.140. The van der Waals surface area contributed by atoms with Crippen molar-refractivity contribution in [3.63, 3.8) is 0 Å². The Morgan fingerprint density at radius 2 is 1.90 bits per heavy atom. The fourth-order valence-electron chi connectivity index (χ4n) is 2.65. The minimum Gasteiger partial charge on any atom is -0.308 e. The van der Waals surface area contributed by atoms with Crippen LogP contribution in [0.2, 0.25) is 0 Å². The number of hydrogen-bond donors (Lipinski definition) is 1. The van der Waals surface area contributed by atoms with Crippen LogP contribution >= 0.6 is 0 Å². The maximum absolute atomic E-state index is 12.7. The van der Waals surface area contributed by atoms with Crippen LogP contribution in [0.25, 0.3) is 0 Å². The van der Waals surface area contributed by atoms with Crippen LogP contribution in [-0.4, -0.2) is 36.8 Å². The van der Waals surface area contributed by atoms with Crippen molar-refractivity contribution in [1.29, 1.82) is 0 Å². The Bertz CT molecular complexity index is 415. The first kappa shape index (κ1) is 16.3. The molecule has 1 saturated carbocycles. The normalized spacial score (nSPS) is 17.2. The predicted molar refractivity (Wildman–Crippen MR) is 78.1 cm³/mol. The van der Waals surface area contributed by atoms with Crippen LogP contribution in [0.15, 0.2) is 30.3 Å². The average Bonchev–Trinajstić information content (AvgIpc) is 3.26. The van der Waals surface area contributed by atoms with Crippen LogP contribution in [0, 0.1) is 0 Å². The van der Waals surface area contributed by atoms with Gasteiger partial charge in [-0.2, -0.15) is 13.2 Å². The summed E-state index contributed by atoms with van der Waals surface area (Å²) in [5.41, 5.74) is 0.698. The first-order valence-electron chi connectivity index (χ1n) is 7.58. The zero-order chi connectivity index (χ0) is 15.3. The van der Waals surface area contributed by atoms with Gasteiger partial charge < -0.3 is 5.32 Å². The summed E-state index contributed by atoms with van der Waals surface area (Å²) in [6, 6.07) is 8.87. The van der Waals surface area contributed by atoms with Crippen LogP contribution in [0.3, 0.4) is 0 Å². The van der Waals surface area contributed by atoms with Crippen LogP contribution in [0.1, 0.15) is 37.8 Å². The van der Waals surface area contributed by atoms with Crippen molar-refractivity contribution in [2.45, 2.75) is 44.4 Å². The third-order valence-corrected chi connectivity index (χ3v) is 3.90. The van der Waals surface area contributed by atoms with E-state index in [1.165, 1.54) is 12.8 Å². The summed E-state index contributed by atoms with van der Waals surface area (Å²) in [4.78, 5) is 2.34. The largest absolute Gasteiger partial charge is 0.390 e. The topological polar surface area (TPSA) is 15.3 Å². The molecule has 118 valence electrons. The number of hydrogen-bond acceptors (Lipinski definition) is 2. The summed E-state index contributed by atoms with van der Waals surface area (Å²) in [5.74, 6) is 0. The lowest BCUT2D eigenvalue weighted by Gasteiger charge is -2.24. The molecule has 1 atom stereocenters. The summed E-state index contributed by atoms with van der Waals surface area (Å²) in [6.45, 7) is 4.45. The van der Waals surface area contributed by atoms with Gasteiger partial charge in [-0.15, -0.1) is 0 Å². The molecule has 1 aliphatic rings. The molecule has 0 heterocycles.